The van der Waals surface area contributed by atoms with Gasteiger partial charge in [-0.3, -0.25) is 0 Å². The van der Waals surface area contributed by atoms with Gasteiger partial charge < -0.3 is 15.0 Å². The fourth-order valence-electron chi connectivity index (χ4n) is 3.01. The second-order valence-corrected chi connectivity index (χ2v) is 5.45. The smallest absolute Gasteiger partial charge is 0.128 e. The summed E-state index contributed by atoms with van der Waals surface area (Å²) in [5, 5.41) is 3.60. The minimum atomic E-state index is 0.500. The molecule has 3 heterocycles. The summed E-state index contributed by atoms with van der Waals surface area (Å²) >= 11 is 0. The van der Waals surface area contributed by atoms with Gasteiger partial charge in [-0.1, -0.05) is 12.5 Å². The SMILES string of the molecule is Cc1nc(N2CCOCC2)ccc1[C@H]1CCCCN1. The maximum atomic E-state index is 5.39. The second-order valence-electron chi connectivity index (χ2n) is 5.45. The highest BCUT2D eigenvalue weighted by Gasteiger charge is 2.19. The Morgan fingerprint density at radius 2 is 2.11 bits per heavy atom. The summed E-state index contributed by atoms with van der Waals surface area (Å²) in [6.45, 7) is 6.80. The number of aryl methyl sites for hydroxylation is 1. The maximum Gasteiger partial charge on any atom is 0.128 e. The molecule has 0 radical (unpaired) electrons. The number of anilines is 1. The molecule has 1 N–H and O–H groups in total. The van der Waals surface area contributed by atoms with Crippen molar-refractivity contribution in [2.24, 2.45) is 0 Å². The van der Waals surface area contributed by atoms with Gasteiger partial charge in [-0.2, -0.15) is 0 Å². The molecule has 2 fully saturated rings. The number of morpholine rings is 1. The van der Waals surface area contributed by atoms with Crippen molar-refractivity contribution in [1.82, 2.24) is 10.3 Å². The van der Waals surface area contributed by atoms with E-state index in [4.69, 9.17) is 9.72 Å². The highest BCUT2D eigenvalue weighted by Crippen LogP contribution is 2.26. The number of hydrogen-bond acceptors (Lipinski definition) is 4. The predicted octanol–water partition coefficient (Wildman–Crippen LogP) is 2.04. The van der Waals surface area contributed by atoms with Crippen LogP contribution in [0.1, 0.15) is 36.6 Å². The van der Waals surface area contributed by atoms with Crippen molar-refractivity contribution in [3.63, 3.8) is 0 Å². The largest absolute Gasteiger partial charge is 0.378 e. The summed E-state index contributed by atoms with van der Waals surface area (Å²) in [5.41, 5.74) is 2.54. The van der Waals surface area contributed by atoms with Crippen molar-refractivity contribution in [3.05, 3.63) is 23.4 Å². The van der Waals surface area contributed by atoms with Crippen LogP contribution in [0.5, 0.6) is 0 Å². The quantitative estimate of drug-likeness (QED) is 0.884. The van der Waals surface area contributed by atoms with Gasteiger partial charge in [0.25, 0.3) is 0 Å². The molecule has 2 saturated heterocycles. The molecule has 104 valence electrons. The number of pyridine rings is 1. The molecule has 0 spiro atoms. The third-order valence-electron chi connectivity index (χ3n) is 4.13. The van der Waals surface area contributed by atoms with Crippen LogP contribution in [0.4, 0.5) is 5.82 Å². The van der Waals surface area contributed by atoms with Crippen molar-refractivity contribution < 1.29 is 4.74 Å². The van der Waals surface area contributed by atoms with E-state index in [2.05, 4.69) is 29.3 Å². The van der Waals surface area contributed by atoms with Gasteiger partial charge in [-0.05, 0) is 37.9 Å². The molecule has 1 aromatic heterocycles. The summed E-state index contributed by atoms with van der Waals surface area (Å²) in [6, 6.07) is 4.93. The van der Waals surface area contributed by atoms with E-state index in [0.717, 1.165) is 38.7 Å². The lowest BCUT2D eigenvalue weighted by Gasteiger charge is -2.29. The Morgan fingerprint density at radius 1 is 1.26 bits per heavy atom. The van der Waals surface area contributed by atoms with Crippen molar-refractivity contribution in [2.75, 3.05) is 37.7 Å². The normalized spacial score (nSPS) is 24.5. The van der Waals surface area contributed by atoms with Crippen molar-refractivity contribution in [2.45, 2.75) is 32.2 Å². The van der Waals surface area contributed by atoms with Crippen LogP contribution in [-0.4, -0.2) is 37.8 Å². The van der Waals surface area contributed by atoms with E-state index in [1.807, 2.05) is 0 Å². The van der Waals surface area contributed by atoms with Crippen LogP contribution in [0, 0.1) is 6.92 Å². The summed E-state index contributed by atoms with van der Waals surface area (Å²) < 4.78 is 5.39. The molecule has 0 unspecified atom stereocenters. The fraction of sp³-hybridized carbons (Fsp3) is 0.667. The average Bonchev–Trinajstić information content (AvgIpc) is 2.49. The van der Waals surface area contributed by atoms with Crippen LogP contribution in [0.3, 0.4) is 0 Å². The van der Waals surface area contributed by atoms with Crippen LogP contribution < -0.4 is 10.2 Å². The van der Waals surface area contributed by atoms with Gasteiger partial charge in [-0.15, -0.1) is 0 Å². The molecule has 0 amide bonds. The van der Waals surface area contributed by atoms with Gasteiger partial charge in [0.05, 0.1) is 13.2 Å². The lowest BCUT2D eigenvalue weighted by molar-refractivity contribution is 0.122. The van der Waals surface area contributed by atoms with Gasteiger partial charge in [-0.25, -0.2) is 4.98 Å². The van der Waals surface area contributed by atoms with E-state index >= 15 is 0 Å². The van der Waals surface area contributed by atoms with E-state index < -0.39 is 0 Å². The highest BCUT2D eigenvalue weighted by molar-refractivity contribution is 5.42. The standard InChI is InChI=1S/C15H23N3O/c1-12-13(14-4-2-3-7-16-14)5-6-15(17-12)18-8-10-19-11-9-18/h5-6,14,16H,2-4,7-11H2,1H3/t14-/m1/s1. The van der Waals surface area contributed by atoms with Crippen LogP contribution >= 0.6 is 0 Å². The zero-order chi connectivity index (χ0) is 13.1. The van der Waals surface area contributed by atoms with Gasteiger partial charge in [0, 0.05) is 24.8 Å². The first-order chi connectivity index (χ1) is 9.34. The van der Waals surface area contributed by atoms with Gasteiger partial charge in [0.2, 0.25) is 0 Å². The molecule has 4 heteroatoms. The zero-order valence-corrected chi connectivity index (χ0v) is 11.7. The zero-order valence-electron chi connectivity index (χ0n) is 11.7. The molecule has 0 aromatic carbocycles. The first kappa shape index (κ1) is 12.9. The van der Waals surface area contributed by atoms with Crippen LogP contribution in [0.15, 0.2) is 12.1 Å². The third-order valence-corrected chi connectivity index (χ3v) is 4.13. The summed E-state index contributed by atoms with van der Waals surface area (Å²) in [6.07, 6.45) is 3.86. The Morgan fingerprint density at radius 3 is 2.79 bits per heavy atom. The molecule has 4 nitrogen and oxygen atoms in total. The molecule has 2 aliphatic heterocycles. The lowest BCUT2D eigenvalue weighted by atomic mass is 9.96. The van der Waals surface area contributed by atoms with Crippen LogP contribution in [0.2, 0.25) is 0 Å². The number of hydrogen-bond donors (Lipinski definition) is 1. The lowest BCUT2D eigenvalue weighted by Crippen LogP contribution is -2.37. The molecule has 19 heavy (non-hydrogen) atoms. The molecular formula is C15H23N3O. The van der Waals surface area contributed by atoms with E-state index in [9.17, 15) is 0 Å². The Kier molecular flexibility index (Phi) is 3.99. The van der Waals surface area contributed by atoms with Gasteiger partial charge in [0.15, 0.2) is 0 Å². The molecule has 1 aromatic rings. The van der Waals surface area contributed by atoms with Crippen LogP contribution in [0.25, 0.3) is 0 Å². The Bertz CT molecular complexity index is 423. The highest BCUT2D eigenvalue weighted by atomic mass is 16.5. The molecular weight excluding hydrogens is 238 g/mol. The first-order valence-electron chi connectivity index (χ1n) is 7.38. The Hall–Kier alpha value is -1.13. The number of nitrogens with one attached hydrogen (secondary N) is 1. The van der Waals surface area contributed by atoms with E-state index in [0.29, 0.717) is 6.04 Å². The van der Waals surface area contributed by atoms with Crippen molar-refractivity contribution >= 4 is 5.82 Å². The number of aromatic nitrogens is 1. The third kappa shape index (κ3) is 2.90. The van der Waals surface area contributed by atoms with Gasteiger partial charge in [0.1, 0.15) is 5.82 Å². The average molecular weight is 261 g/mol. The van der Waals surface area contributed by atoms with E-state index in [-0.39, 0.29) is 0 Å². The van der Waals surface area contributed by atoms with E-state index in [1.165, 1.54) is 30.5 Å². The minimum absolute atomic E-state index is 0.500. The van der Waals surface area contributed by atoms with Gasteiger partial charge >= 0.3 is 0 Å². The molecule has 0 aliphatic carbocycles. The molecule has 0 saturated carbocycles. The summed E-state index contributed by atoms with van der Waals surface area (Å²) in [4.78, 5) is 7.12. The number of rotatable bonds is 2. The van der Waals surface area contributed by atoms with E-state index in [1.54, 1.807) is 0 Å². The second kappa shape index (κ2) is 5.88. The number of nitrogens with zero attached hydrogens (tertiary/aromatic N) is 2. The van der Waals surface area contributed by atoms with Crippen molar-refractivity contribution in [1.29, 1.82) is 0 Å². The van der Waals surface area contributed by atoms with Crippen LogP contribution in [-0.2, 0) is 4.74 Å². The monoisotopic (exact) mass is 261 g/mol. The molecule has 3 rings (SSSR count). The molecule has 1 atom stereocenters. The predicted molar refractivity (Wildman–Crippen MR) is 76.6 cm³/mol. The Labute approximate surface area is 115 Å². The number of ether oxygens (including phenoxy) is 1. The number of piperidine rings is 1. The minimum Gasteiger partial charge on any atom is -0.378 e. The maximum absolute atomic E-state index is 5.39. The fourth-order valence-corrected chi connectivity index (χ4v) is 3.01. The topological polar surface area (TPSA) is 37.4 Å². The Balaban J connectivity index is 1.76. The summed E-state index contributed by atoms with van der Waals surface area (Å²) in [5.74, 6) is 1.10. The van der Waals surface area contributed by atoms with Crippen molar-refractivity contribution in [3.8, 4) is 0 Å². The first-order valence-corrected chi connectivity index (χ1v) is 7.38. The molecule has 2 aliphatic rings. The summed E-state index contributed by atoms with van der Waals surface area (Å²) in [7, 11) is 0. The molecule has 0 bridgehead atoms.